The van der Waals surface area contributed by atoms with Crippen LogP contribution in [0.25, 0.3) is 0 Å². The normalized spacial score (nSPS) is 12.3. The summed E-state index contributed by atoms with van der Waals surface area (Å²) in [6.45, 7) is 4.97. The number of hydrogen-bond donors (Lipinski definition) is 1. The van der Waals surface area contributed by atoms with Crippen molar-refractivity contribution in [2.24, 2.45) is 0 Å². The molecule has 1 unspecified atom stereocenters. The van der Waals surface area contributed by atoms with Crippen molar-refractivity contribution < 1.29 is 14.4 Å². The molecule has 1 N–H and O–H groups in total. The molecule has 0 bridgehead atoms. The van der Waals surface area contributed by atoms with E-state index in [-0.39, 0.29) is 16.7 Å². The molecule has 0 saturated carbocycles. The maximum absolute atomic E-state index is 10.6. The molecule has 0 heterocycles. The first-order valence-corrected chi connectivity index (χ1v) is 7.19. The van der Waals surface area contributed by atoms with Crippen LogP contribution in [0, 0.1) is 10.1 Å². The van der Waals surface area contributed by atoms with E-state index in [0.717, 1.165) is 31.6 Å². The zero-order valence-corrected chi connectivity index (χ0v) is 12.7. The van der Waals surface area contributed by atoms with E-state index >= 15 is 0 Å². The molecule has 0 aliphatic rings. The van der Waals surface area contributed by atoms with E-state index in [1.54, 1.807) is 19.2 Å². The van der Waals surface area contributed by atoms with E-state index in [2.05, 4.69) is 12.2 Å². The highest BCUT2D eigenvalue weighted by molar-refractivity contribution is 5.33. The van der Waals surface area contributed by atoms with Crippen molar-refractivity contribution in [3.05, 3.63) is 39.9 Å². The van der Waals surface area contributed by atoms with Crippen LogP contribution in [0.4, 0.5) is 5.69 Å². The van der Waals surface area contributed by atoms with Crippen molar-refractivity contribution in [1.29, 1.82) is 0 Å². The first-order valence-electron chi connectivity index (χ1n) is 7.19. The van der Waals surface area contributed by atoms with Crippen molar-refractivity contribution in [3.63, 3.8) is 0 Å². The lowest BCUT2D eigenvalue weighted by Crippen LogP contribution is -2.20. The Labute approximate surface area is 125 Å². The van der Waals surface area contributed by atoms with Gasteiger partial charge in [-0.1, -0.05) is 12.1 Å². The van der Waals surface area contributed by atoms with Crippen molar-refractivity contribution in [3.8, 4) is 0 Å². The number of benzene rings is 1. The molecule has 118 valence electrons. The molecule has 0 saturated heterocycles. The third-order valence-corrected chi connectivity index (χ3v) is 3.20. The second-order valence-corrected chi connectivity index (χ2v) is 4.84. The van der Waals surface area contributed by atoms with Crippen LogP contribution < -0.4 is 5.32 Å². The van der Waals surface area contributed by atoms with Gasteiger partial charge in [0.05, 0.1) is 18.1 Å². The average molecular weight is 296 g/mol. The molecule has 0 aromatic heterocycles. The van der Waals surface area contributed by atoms with Gasteiger partial charge >= 0.3 is 0 Å². The summed E-state index contributed by atoms with van der Waals surface area (Å²) < 4.78 is 10.3. The number of ether oxygens (including phenoxy) is 2. The summed E-state index contributed by atoms with van der Waals surface area (Å²) in [5, 5.41) is 14.0. The number of nitrogens with zero attached hydrogens (tertiary/aromatic N) is 1. The fraction of sp³-hybridized carbons (Fsp3) is 0.600. The number of nitro benzene ring substituents is 1. The van der Waals surface area contributed by atoms with E-state index in [0.29, 0.717) is 13.2 Å². The van der Waals surface area contributed by atoms with E-state index in [1.807, 2.05) is 0 Å². The summed E-state index contributed by atoms with van der Waals surface area (Å²) in [4.78, 5) is 10.2. The van der Waals surface area contributed by atoms with Crippen molar-refractivity contribution >= 4 is 5.69 Å². The third-order valence-electron chi connectivity index (χ3n) is 3.20. The van der Waals surface area contributed by atoms with Crippen LogP contribution in [-0.2, 0) is 9.47 Å². The lowest BCUT2D eigenvalue weighted by molar-refractivity contribution is -0.384. The Morgan fingerprint density at radius 1 is 1.19 bits per heavy atom. The van der Waals surface area contributed by atoms with Gasteiger partial charge in [-0.3, -0.25) is 10.1 Å². The SMILES string of the molecule is COCCOCCCCNC(C)c1ccc([N+](=O)[O-])cc1. The maximum Gasteiger partial charge on any atom is 0.269 e. The molecule has 0 radical (unpaired) electrons. The van der Waals surface area contributed by atoms with Gasteiger partial charge in [0.1, 0.15) is 0 Å². The molecule has 0 amide bonds. The van der Waals surface area contributed by atoms with Crippen LogP contribution in [-0.4, -0.2) is 38.4 Å². The molecule has 21 heavy (non-hydrogen) atoms. The summed E-state index contributed by atoms with van der Waals surface area (Å²) in [7, 11) is 1.66. The van der Waals surface area contributed by atoms with E-state index < -0.39 is 0 Å². The Balaban J connectivity index is 2.15. The minimum absolute atomic E-state index is 0.124. The number of methoxy groups -OCH3 is 1. The number of unbranched alkanes of at least 4 members (excludes halogenated alkanes) is 1. The van der Waals surface area contributed by atoms with Crippen LogP contribution in [0.2, 0.25) is 0 Å². The van der Waals surface area contributed by atoms with Crippen LogP contribution in [0.1, 0.15) is 31.4 Å². The van der Waals surface area contributed by atoms with Gasteiger partial charge in [0.15, 0.2) is 0 Å². The fourth-order valence-corrected chi connectivity index (χ4v) is 1.89. The number of nitro groups is 1. The highest BCUT2D eigenvalue weighted by Crippen LogP contribution is 2.17. The van der Waals surface area contributed by atoms with Gasteiger partial charge < -0.3 is 14.8 Å². The number of non-ortho nitro benzene ring substituents is 1. The summed E-state index contributed by atoms with van der Waals surface area (Å²) >= 11 is 0. The van der Waals surface area contributed by atoms with Crippen LogP contribution in [0.3, 0.4) is 0 Å². The van der Waals surface area contributed by atoms with E-state index in [9.17, 15) is 10.1 Å². The van der Waals surface area contributed by atoms with Crippen molar-refractivity contribution in [1.82, 2.24) is 5.32 Å². The summed E-state index contributed by atoms with van der Waals surface area (Å²) in [6.07, 6.45) is 2.04. The molecule has 6 heteroatoms. The molecule has 6 nitrogen and oxygen atoms in total. The van der Waals surface area contributed by atoms with Crippen molar-refractivity contribution in [2.75, 3.05) is 33.5 Å². The smallest absolute Gasteiger partial charge is 0.269 e. The zero-order valence-electron chi connectivity index (χ0n) is 12.7. The quantitative estimate of drug-likeness (QED) is 0.386. The Kier molecular flexibility index (Phi) is 8.57. The summed E-state index contributed by atoms with van der Waals surface area (Å²) in [6, 6.07) is 6.85. The second-order valence-electron chi connectivity index (χ2n) is 4.84. The van der Waals surface area contributed by atoms with Gasteiger partial charge in [-0.2, -0.15) is 0 Å². The molecule has 1 aromatic carbocycles. The predicted octanol–water partition coefficient (Wildman–Crippen LogP) is 2.69. The highest BCUT2D eigenvalue weighted by atomic mass is 16.6. The molecule has 1 atom stereocenters. The van der Waals surface area contributed by atoms with E-state index in [1.165, 1.54) is 12.1 Å². The molecule has 1 rings (SSSR count). The van der Waals surface area contributed by atoms with Gasteiger partial charge in [-0.05, 0) is 31.9 Å². The molecule has 0 fully saturated rings. The molecule has 0 spiro atoms. The standard InChI is InChI=1S/C15H24N2O4/c1-13(14-5-7-15(8-6-14)17(18)19)16-9-3-4-10-21-12-11-20-2/h5-8,13,16H,3-4,9-12H2,1-2H3. The van der Waals surface area contributed by atoms with Gasteiger partial charge in [0.25, 0.3) is 5.69 Å². The fourth-order valence-electron chi connectivity index (χ4n) is 1.89. The van der Waals surface area contributed by atoms with Crippen molar-refractivity contribution in [2.45, 2.75) is 25.8 Å². The Morgan fingerprint density at radius 2 is 1.90 bits per heavy atom. The van der Waals surface area contributed by atoms with Crippen LogP contribution in [0.5, 0.6) is 0 Å². The topological polar surface area (TPSA) is 73.6 Å². The molecule has 0 aliphatic carbocycles. The Bertz CT molecular complexity index is 409. The number of rotatable bonds is 11. The minimum atomic E-state index is -0.383. The lowest BCUT2D eigenvalue weighted by atomic mass is 10.1. The Morgan fingerprint density at radius 3 is 2.52 bits per heavy atom. The summed E-state index contributed by atoms with van der Waals surface area (Å²) in [5.41, 5.74) is 1.18. The summed E-state index contributed by atoms with van der Waals surface area (Å²) in [5.74, 6) is 0. The monoisotopic (exact) mass is 296 g/mol. The molecule has 0 aliphatic heterocycles. The number of hydrogen-bond acceptors (Lipinski definition) is 5. The zero-order chi connectivity index (χ0) is 15.5. The lowest BCUT2D eigenvalue weighted by Gasteiger charge is -2.14. The molecular weight excluding hydrogens is 272 g/mol. The highest BCUT2D eigenvalue weighted by Gasteiger charge is 2.08. The van der Waals surface area contributed by atoms with Crippen LogP contribution in [0.15, 0.2) is 24.3 Å². The Hall–Kier alpha value is -1.50. The third kappa shape index (κ3) is 7.17. The number of nitrogens with one attached hydrogen (secondary N) is 1. The largest absolute Gasteiger partial charge is 0.382 e. The molecule has 1 aromatic rings. The van der Waals surface area contributed by atoms with Gasteiger partial charge in [-0.15, -0.1) is 0 Å². The van der Waals surface area contributed by atoms with E-state index in [4.69, 9.17) is 9.47 Å². The average Bonchev–Trinajstić information content (AvgIpc) is 2.49. The van der Waals surface area contributed by atoms with Gasteiger partial charge in [0.2, 0.25) is 0 Å². The second kappa shape index (κ2) is 10.3. The molecular formula is C15H24N2O4. The first kappa shape index (κ1) is 17.6. The minimum Gasteiger partial charge on any atom is -0.382 e. The van der Waals surface area contributed by atoms with Gasteiger partial charge in [-0.25, -0.2) is 0 Å². The van der Waals surface area contributed by atoms with Gasteiger partial charge in [0, 0.05) is 31.9 Å². The predicted molar refractivity (Wildman–Crippen MR) is 81.4 cm³/mol. The maximum atomic E-state index is 10.6. The van der Waals surface area contributed by atoms with Crippen LogP contribution >= 0.6 is 0 Å². The first-order chi connectivity index (χ1) is 10.1.